The fraction of sp³-hybridized carbons (Fsp3) is 0.294. The van der Waals surface area contributed by atoms with Crippen molar-refractivity contribution in [2.24, 2.45) is 0 Å². The standard InChI is InChI=1S/C17H19N3O4/c1-17(2,3)24-16(23)19-10-12-9-18-14(15(21)22)20-13(12)11-7-5-4-6-8-11/h4-9H,10H2,1-3H3,(H,19,23)(H,21,22). The highest BCUT2D eigenvalue weighted by Crippen LogP contribution is 2.21. The molecular weight excluding hydrogens is 310 g/mol. The fourth-order valence-electron chi connectivity index (χ4n) is 1.97. The van der Waals surface area contributed by atoms with Gasteiger partial charge in [0.1, 0.15) is 5.60 Å². The van der Waals surface area contributed by atoms with E-state index < -0.39 is 17.7 Å². The molecule has 2 rings (SSSR count). The lowest BCUT2D eigenvalue weighted by atomic mass is 10.1. The number of aromatic nitrogens is 2. The predicted octanol–water partition coefficient (Wildman–Crippen LogP) is 2.87. The summed E-state index contributed by atoms with van der Waals surface area (Å²) >= 11 is 0. The number of carbonyl (C=O) groups is 2. The van der Waals surface area contributed by atoms with Crippen molar-refractivity contribution in [1.82, 2.24) is 15.3 Å². The molecule has 0 saturated carbocycles. The minimum absolute atomic E-state index is 0.124. The lowest BCUT2D eigenvalue weighted by Gasteiger charge is -2.20. The molecule has 0 bridgehead atoms. The highest BCUT2D eigenvalue weighted by molar-refractivity contribution is 5.84. The van der Waals surface area contributed by atoms with Crippen molar-refractivity contribution in [3.05, 3.63) is 47.9 Å². The molecule has 1 heterocycles. The molecule has 0 spiro atoms. The van der Waals surface area contributed by atoms with E-state index in [1.54, 1.807) is 20.8 Å². The van der Waals surface area contributed by atoms with Gasteiger partial charge in [-0.1, -0.05) is 30.3 Å². The van der Waals surface area contributed by atoms with E-state index in [1.807, 2.05) is 30.3 Å². The Morgan fingerprint density at radius 2 is 1.88 bits per heavy atom. The Kier molecular flexibility index (Phi) is 5.13. The second-order valence-corrected chi connectivity index (χ2v) is 6.09. The average molecular weight is 329 g/mol. The van der Waals surface area contributed by atoms with Gasteiger partial charge in [-0.05, 0) is 20.8 Å². The van der Waals surface area contributed by atoms with Crippen LogP contribution in [0.1, 0.15) is 37.0 Å². The molecular formula is C17H19N3O4. The maximum atomic E-state index is 11.8. The summed E-state index contributed by atoms with van der Waals surface area (Å²) in [4.78, 5) is 30.8. The summed E-state index contributed by atoms with van der Waals surface area (Å²) in [6.45, 7) is 5.44. The number of benzene rings is 1. The van der Waals surface area contributed by atoms with E-state index in [4.69, 9.17) is 9.84 Å². The zero-order chi connectivity index (χ0) is 17.7. The predicted molar refractivity (Wildman–Crippen MR) is 87.5 cm³/mol. The summed E-state index contributed by atoms with van der Waals surface area (Å²) in [7, 11) is 0. The Morgan fingerprint density at radius 3 is 2.46 bits per heavy atom. The van der Waals surface area contributed by atoms with E-state index in [1.165, 1.54) is 6.20 Å². The Morgan fingerprint density at radius 1 is 1.21 bits per heavy atom. The van der Waals surface area contributed by atoms with Gasteiger partial charge in [0.25, 0.3) is 0 Å². The maximum absolute atomic E-state index is 11.8. The first-order chi connectivity index (χ1) is 11.3. The number of hydrogen-bond acceptors (Lipinski definition) is 5. The maximum Gasteiger partial charge on any atom is 0.407 e. The molecule has 0 aliphatic heterocycles. The first-order valence-corrected chi connectivity index (χ1v) is 7.38. The van der Waals surface area contributed by atoms with Crippen LogP contribution in [0.5, 0.6) is 0 Å². The lowest BCUT2D eigenvalue weighted by Crippen LogP contribution is -2.32. The number of rotatable bonds is 4. The third kappa shape index (κ3) is 4.77. The third-order valence-electron chi connectivity index (χ3n) is 2.93. The highest BCUT2D eigenvalue weighted by Gasteiger charge is 2.18. The summed E-state index contributed by atoms with van der Waals surface area (Å²) in [6.07, 6.45) is 0.833. The molecule has 0 aliphatic carbocycles. The minimum Gasteiger partial charge on any atom is -0.475 e. The van der Waals surface area contributed by atoms with Crippen molar-refractivity contribution >= 4 is 12.1 Å². The zero-order valence-electron chi connectivity index (χ0n) is 13.7. The molecule has 1 aromatic carbocycles. The number of nitrogens with one attached hydrogen (secondary N) is 1. The van der Waals surface area contributed by atoms with Crippen LogP contribution in [-0.4, -0.2) is 32.7 Å². The number of nitrogens with zero attached hydrogens (tertiary/aromatic N) is 2. The molecule has 7 heteroatoms. The topological polar surface area (TPSA) is 101 Å². The Balaban J connectivity index is 2.26. The van der Waals surface area contributed by atoms with Crippen LogP contribution in [-0.2, 0) is 11.3 Å². The second kappa shape index (κ2) is 7.08. The summed E-state index contributed by atoms with van der Waals surface area (Å²) in [5.74, 6) is -1.51. The van der Waals surface area contributed by atoms with Gasteiger partial charge in [-0.3, -0.25) is 0 Å². The molecule has 0 saturated heterocycles. The molecule has 0 unspecified atom stereocenters. The summed E-state index contributed by atoms with van der Waals surface area (Å²) in [5.41, 5.74) is 1.19. The van der Waals surface area contributed by atoms with Crippen LogP contribution in [0.3, 0.4) is 0 Å². The van der Waals surface area contributed by atoms with E-state index in [2.05, 4.69) is 15.3 Å². The molecule has 2 N–H and O–H groups in total. The molecule has 0 radical (unpaired) electrons. The van der Waals surface area contributed by atoms with Gasteiger partial charge >= 0.3 is 12.1 Å². The molecule has 126 valence electrons. The largest absolute Gasteiger partial charge is 0.475 e. The minimum atomic E-state index is -1.21. The molecule has 1 aromatic heterocycles. The Labute approximate surface area is 139 Å². The van der Waals surface area contributed by atoms with Gasteiger partial charge in [0.05, 0.1) is 5.69 Å². The fourth-order valence-corrected chi connectivity index (χ4v) is 1.97. The molecule has 0 atom stereocenters. The number of carbonyl (C=O) groups excluding carboxylic acids is 1. The zero-order valence-corrected chi connectivity index (χ0v) is 13.7. The molecule has 1 amide bonds. The number of hydrogen-bond donors (Lipinski definition) is 2. The van der Waals surface area contributed by atoms with Gasteiger partial charge in [0.15, 0.2) is 0 Å². The van der Waals surface area contributed by atoms with E-state index in [9.17, 15) is 9.59 Å². The van der Waals surface area contributed by atoms with Crippen LogP contribution in [0, 0.1) is 0 Å². The summed E-state index contributed by atoms with van der Waals surface area (Å²) in [5, 5.41) is 11.7. The first-order valence-electron chi connectivity index (χ1n) is 7.38. The average Bonchev–Trinajstić information content (AvgIpc) is 2.52. The SMILES string of the molecule is CC(C)(C)OC(=O)NCc1cnc(C(=O)O)nc1-c1ccccc1. The Hall–Kier alpha value is -2.96. The van der Waals surface area contributed by atoms with Crippen LogP contribution in [0.4, 0.5) is 4.79 Å². The smallest absolute Gasteiger partial charge is 0.407 e. The van der Waals surface area contributed by atoms with E-state index in [-0.39, 0.29) is 12.4 Å². The number of amides is 1. The van der Waals surface area contributed by atoms with Crippen molar-refractivity contribution < 1.29 is 19.4 Å². The number of carboxylic acid groups (broad SMARTS) is 1. The Bertz CT molecular complexity index is 739. The van der Waals surface area contributed by atoms with Crippen LogP contribution < -0.4 is 5.32 Å². The van der Waals surface area contributed by atoms with Gasteiger partial charge in [0, 0.05) is 23.9 Å². The van der Waals surface area contributed by atoms with Crippen molar-refractivity contribution in [2.45, 2.75) is 32.9 Å². The number of ether oxygens (including phenoxy) is 1. The van der Waals surface area contributed by atoms with Crippen LogP contribution in [0.25, 0.3) is 11.3 Å². The van der Waals surface area contributed by atoms with Crippen LogP contribution in [0.15, 0.2) is 36.5 Å². The van der Waals surface area contributed by atoms with E-state index >= 15 is 0 Å². The molecule has 24 heavy (non-hydrogen) atoms. The first kappa shape index (κ1) is 17.4. The summed E-state index contributed by atoms with van der Waals surface area (Å²) in [6, 6.07) is 9.11. The van der Waals surface area contributed by atoms with Gasteiger partial charge in [0.2, 0.25) is 5.82 Å². The van der Waals surface area contributed by atoms with E-state index in [0.717, 1.165) is 5.56 Å². The quantitative estimate of drug-likeness (QED) is 0.894. The number of alkyl carbamates (subject to hydrolysis) is 1. The van der Waals surface area contributed by atoms with Gasteiger partial charge in [-0.15, -0.1) is 0 Å². The van der Waals surface area contributed by atoms with Crippen molar-refractivity contribution in [2.75, 3.05) is 0 Å². The van der Waals surface area contributed by atoms with Gasteiger partial charge < -0.3 is 15.2 Å². The molecule has 0 fully saturated rings. The monoisotopic (exact) mass is 329 g/mol. The third-order valence-corrected chi connectivity index (χ3v) is 2.93. The lowest BCUT2D eigenvalue weighted by molar-refractivity contribution is 0.0522. The molecule has 0 aliphatic rings. The number of aromatic carboxylic acids is 1. The van der Waals surface area contributed by atoms with Crippen molar-refractivity contribution in [1.29, 1.82) is 0 Å². The summed E-state index contributed by atoms with van der Waals surface area (Å²) < 4.78 is 5.18. The van der Waals surface area contributed by atoms with Gasteiger partial charge in [-0.2, -0.15) is 0 Å². The molecule has 7 nitrogen and oxygen atoms in total. The van der Waals surface area contributed by atoms with Crippen LogP contribution in [0.2, 0.25) is 0 Å². The number of carboxylic acids is 1. The van der Waals surface area contributed by atoms with Crippen molar-refractivity contribution in [3.8, 4) is 11.3 Å². The van der Waals surface area contributed by atoms with E-state index in [0.29, 0.717) is 11.3 Å². The van der Waals surface area contributed by atoms with Gasteiger partial charge in [-0.25, -0.2) is 19.6 Å². The normalized spacial score (nSPS) is 11.0. The second-order valence-electron chi connectivity index (χ2n) is 6.09. The van der Waals surface area contributed by atoms with Crippen LogP contribution >= 0.6 is 0 Å². The highest BCUT2D eigenvalue weighted by atomic mass is 16.6. The van der Waals surface area contributed by atoms with Crippen molar-refractivity contribution in [3.63, 3.8) is 0 Å². The molecule has 2 aromatic rings.